The van der Waals surface area contributed by atoms with Crippen molar-refractivity contribution < 1.29 is 47.9 Å². The van der Waals surface area contributed by atoms with Crippen molar-refractivity contribution >= 4 is 37.1 Å². The topological polar surface area (TPSA) is 130 Å². The lowest BCUT2D eigenvalue weighted by molar-refractivity contribution is 0.00578. The van der Waals surface area contributed by atoms with Gasteiger partial charge in [-0.25, -0.2) is 9.59 Å². The molecule has 2 aliphatic heterocycles. The lowest BCUT2D eigenvalue weighted by Crippen LogP contribution is -2.41. The number of ether oxygens (including phenoxy) is 2. The molecule has 2 heterocycles. The van der Waals surface area contributed by atoms with Crippen LogP contribution in [0.3, 0.4) is 0 Å². The lowest BCUT2D eigenvalue weighted by Gasteiger charge is -2.35. The monoisotopic (exact) mass is 746 g/mol. The average molecular weight is 746 g/mol. The summed E-state index contributed by atoms with van der Waals surface area (Å²) in [6, 6.07) is 21.9. The van der Waals surface area contributed by atoms with Gasteiger partial charge in [0, 0.05) is 0 Å². The van der Waals surface area contributed by atoms with Crippen molar-refractivity contribution in [2.24, 2.45) is 0 Å². The minimum Gasteiger partial charge on any atom is -0.507 e. The van der Waals surface area contributed by atoms with Crippen LogP contribution in [0.15, 0.2) is 72.8 Å². The molecule has 4 aromatic carbocycles. The quantitative estimate of drug-likeness (QED) is 0.136. The Hall–Kier alpha value is -4.61. The summed E-state index contributed by atoms with van der Waals surface area (Å²) >= 11 is 0. The van der Waals surface area contributed by atoms with Crippen molar-refractivity contribution in [2.45, 2.75) is 97.1 Å². The second-order valence-electron chi connectivity index (χ2n) is 16.4. The number of aromatic hydroxyl groups is 2. The summed E-state index contributed by atoms with van der Waals surface area (Å²) in [6.07, 6.45) is 0. The first-order chi connectivity index (χ1) is 25.8. The first kappa shape index (κ1) is 38.7. The zero-order chi connectivity index (χ0) is 39.9. The van der Waals surface area contributed by atoms with Crippen LogP contribution in [0.25, 0.3) is 11.1 Å². The van der Waals surface area contributed by atoms with E-state index in [4.69, 9.17) is 28.1 Å². The fraction of sp³-hybridized carbons (Fsp3) is 0.395. The third-order valence-corrected chi connectivity index (χ3v) is 12.1. The van der Waals surface area contributed by atoms with Crippen LogP contribution in [0, 0.1) is 0 Å². The SMILES string of the molecule is CCOC(=O)c1cc(C2(c3ccc(O)c(C(=O)OCC)c3)c3cc(B4OC(C)(C)C(C)(C)O4)ccc3-c3ccc(B4OC(C)(C)C(C)(C)O4)cc32)ccc1O. The highest BCUT2D eigenvalue weighted by Crippen LogP contribution is 2.57. The van der Waals surface area contributed by atoms with Gasteiger partial charge in [-0.3, -0.25) is 0 Å². The summed E-state index contributed by atoms with van der Waals surface area (Å²) in [6.45, 7) is 19.6. The third kappa shape index (κ3) is 6.05. The highest BCUT2D eigenvalue weighted by atomic mass is 16.7. The molecular weight excluding hydrogens is 698 g/mol. The third-order valence-electron chi connectivity index (χ3n) is 12.1. The molecule has 7 rings (SSSR count). The summed E-state index contributed by atoms with van der Waals surface area (Å²) in [5, 5.41) is 22.1. The first-order valence-corrected chi connectivity index (χ1v) is 18.8. The van der Waals surface area contributed by atoms with Gasteiger partial charge in [0.15, 0.2) is 0 Å². The molecule has 0 saturated carbocycles. The van der Waals surface area contributed by atoms with E-state index < -0.39 is 54.0 Å². The number of hydrogen-bond donors (Lipinski definition) is 2. The molecule has 0 bridgehead atoms. The molecule has 2 saturated heterocycles. The van der Waals surface area contributed by atoms with E-state index >= 15 is 0 Å². The molecule has 1 aliphatic carbocycles. The van der Waals surface area contributed by atoms with E-state index in [0.717, 1.165) is 33.2 Å². The molecule has 3 aliphatic rings. The van der Waals surface area contributed by atoms with Gasteiger partial charge < -0.3 is 38.3 Å². The van der Waals surface area contributed by atoms with E-state index in [9.17, 15) is 19.8 Å². The van der Waals surface area contributed by atoms with Crippen molar-refractivity contribution in [3.63, 3.8) is 0 Å². The van der Waals surface area contributed by atoms with E-state index in [2.05, 4.69) is 0 Å². The van der Waals surface area contributed by atoms with Crippen LogP contribution in [0.4, 0.5) is 0 Å². The minimum atomic E-state index is -1.27. The largest absolute Gasteiger partial charge is 0.507 e. The van der Waals surface area contributed by atoms with E-state index in [1.54, 1.807) is 38.1 Å². The Kier molecular flexibility index (Phi) is 9.32. The Labute approximate surface area is 323 Å². The number of fused-ring (bicyclic) bond motifs is 3. The van der Waals surface area contributed by atoms with E-state index in [1.165, 1.54) is 12.1 Å². The Balaban J connectivity index is 1.57. The van der Waals surface area contributed by atoms with Crippen molar-refractivity contribution in [1.82, 2.24) is 0 Å². The highest BCUT2D eigenvalue weighted by molar-refractivity contribution is 6.62. The molecule has 2 fully saturated rings. The maximum Gasteiger partial charge on any atom is 0.494 e. The van der Waals surface area contributed by atoms with Crippen LogP contribution < -0.4 is 10.9 Å². The van der Waals surface area contributed by atoms with Gasteiger partial charge in [-0.2, -0.15) is 0 Å². The molecule has 0 radical (unpaired) electrons. The minimum absolute atomic E-state index is 0.0256. The Bertz CT molecular complexity index is 2020. The number of benzene rings is 4. The highest BCUT2D eigenvalue weighted by Gasteiger charge is 2.55. The molecule has 55 heavy (non-hydrogen) atoms. The molecule has 0 aromatic heterocycles. The van der Waals surface area contributed by atoms with Gasteiger partial charge in [-0.1, -0.05) is 48.5 Å². The van der Waals surface area contributed by atoms with Crippen LogP contribution in [-0.2, 0) is 33.5 Å². The van der Waals surface area contributed by atoms with Crippen LogP contribution in [0.5, 0.6) is 11.5 Å². The molecule has 0 spiro atoms. The zero-order valence-corrected chi connectivity index (χ0v) is 33.2. The standard InChI is InChI=1S/C43H48B2O10/c1-11-50-37(48)31-21-25(13-19-35(31)46)43(26-14-20-36(47)32(22-26)38(49)51-12-2)33-23-27(44-52-39(3,4)40(5,6)53-44)15-17-29(33)30-18-16-28(24-34(30)43)45-54-41(7,8)42(9,10)55-45/h13-24,46-47H,11-12H2,1-10H3. The van der Waals surface area contributed by atoms with E-state index in [-0.39, 0.29) is 35.8 Å². The normalized spacial score (nSPS) is 19.5. The second-order valence-corrected chi connectivity index (χ2v) is 16.4. The summed E-state index contributed by atoms with van der Waals surface area (Å²) in [7, 11) is -1.41. The van der Waals surface area contributed by atoms with Gasteiger partial charge in [-0.15, -0.1) is 0 Å². The molecule has 12 heteroatoms. The maximum atomic E-state index is 13.4. The van der Waals surface area contributed by atoms with Gasteiger partial charge >= 0.3 is 26.2 Å². The summed E-state index contributed by atoms with van der Waals surface area (Å²) in [5.74, 6) is -1.87. The summed E-state index contributed by atoms with van der Waals surface area (Å²) < 4.78 is 36.9. The molecule has 0 amide bonds. The molecule has 0 unspecified atom stereocenters. The number of carbonyl (C=O) groups is 2. The van der Waals surface area contributed by atoms with Crippen LogP contribution in [-0.4, -0.2) is 72.0 Å². The van der Waals surface area contributed by atoms with Crippen molar-refractivity contribution in [3.05, 3.63) is 106 Å². The van der Waals surface area contributed by atoms with Crippen molar-refractivity contribution in [2.75, 3.05) is 13.2 Å². The molecular formula is C43H48B2O10. The number of rotatable bonds is 8. The molecule has 2 N–H and O–H groups in total. The van der Waals surface area contributed by atoms with Gasteiger partial charge in [0.2, 0.25) is 0 Å². The number of hydrogen-bond acceptors (Lipinski definition) is 10. The predicted molar refractivity (Wildman–Crippen MR) is 210 cm³/mol. The van der Waals surface area contributed by atoms with Crippen LogP contribution >= 0.6 is 0 Å². The fourth-order valence-electron chi connectivity index (χ4n) is 7.68. The van der Waals surface area contributed by atoms with E-state index in [0.29, 0.717) is 11.1 Å². The van der Waals surface area contributed by atoms with Gasteiger partial charge in [0.1, 0.15) is 22.6 Å². The molecule has 4 aromatic rings. The molecule has 10 nitrogen and oxygen atoms in total. The zero-order valence-electron chi connectivity index (χ0n) is 33.2. The van der Waals surface area contributed by atoms with Crippen molar-refractivity contribution in [3.8, 4) is 22.6 Å². The van der Waals surface area contributed by atoms with Gasteiger partial charge in [0.25, 0.3) is 0 Å². The fourth-order valence-corrected chi connectivity index (χ4v) is 7.68. The van der Waals surface area contributed by atoms with Gasteiger partial charge in [0.05, 0.1) is 41.0 Å². The molecule has 286 valence electrons. The Morgan fingerprint density at radius 1 is 0.545 bits per heavy atom. The van der Waals surface area contributed by atoms with Crippen LogP contribution in [0.1, 0.15) is 112 Å². The maximum absolute atomic E-state index is 13.4. The smallest absolute Gasteiger partial charge is 0.494 e. The summed E-state index contributed by atoms with van der Waals surface area (Å²) in [4.78, 5) is 26.8. The second kappa shape index (κ2) is 13.3. The van der Waals surface area contributed by atoms with Crippen LogP contribution in [0.2, 0.25) is 0 Å². The molecule has 0 atom stereocenters. The lowest BCUT2D eigenvalue weighted by atomic mass is 9.64. The number of esters is 2. The Morgan fingerprint density at radius 3 is 1.22 bits per heavy atom. The van der Waals surface area contributed by atoms with E-state index in [1.807, 2.05) is 91.8 Å². The summed E-state index contributed by atoms with van der Waals surface area (Å²) in [5.41, 5.74) is 2.30. The number of carbonyl (C=O) groups excluding carboxylic acids is 2. The van der Waals surface area contributed by atoms with Crippen molar-refractivity contribution in [1.29, 1.82) is 0 Å². The Morgan fingerprint density at radius 2 is 0.891 bits per heavy atom. The number of phenols is 2. The predicted octanol–water partition coefficient (Wildman–Crippen LogP) is 6.41. The number of phenolic OH excluding ortho intramolecular Hbond substituents is 2. The average Bonchev–Trinajstić information content (AvgIpc) is 3.63. The first-order valence-electron chi connectivity index (χ1n) is 18.8. The van der Waals surface area contributed by atoms with Gasteiger partial charge in [-0.05, 0) is 138 Å².